The summed E-state index contributed by atoms with van der Waals surface area (Å²) < 4.78 is 185. The zero-order valence-electron chi connectivity index (χ0n) is 52.5. The fraction of sp³-hybridized carbons (Fsp3) is 0.150. The van der Waals surface area contributed by atoms with Crippen LogP contribution >= 0.6 is 0 Å². The minimum Gasteiger partial charge on any atom is -0.497 e. The summed E-state index contributed by atoms with van der Waals surface area (Å²) in [4.78, 5) is 13.2. The summed E-state index contributed by atoms with van der Waals surface area (Å²) in [7, 11) is 0. The third-order valence-electron chi connectivity index (χ3n) is 10.7. The van der Waals surface area contributed by atoms with Gasteiger partial charge in [-0.1, -0.05) is 121 Å². The minimum atomic E-state index is -3.20. The number of furan rings is 1. The van der Waals surface area contributed by atoms with Crippen molar-refractivity contribution in [2.75, 3.05) is 0 Å². The molecule has 322 valence electrons. The molecule has 1 atom stereocenters. The van der Waals surface area contributed by atoms with Gasteiger partial charge in [0.15, 0.2) is 11.4 Å². The van der Waals surface area contributed by atoms with Gasteiger partial charge in [-0.05, 0) is 101 Å². The van der Waals surface area contributed by atoms with Gasteiger partial charge in [0.05, 0.1) is 6.95 Å². The number of fused-ring (bicyclic) bond motifs is 4. The molecule has 10 aromatic rings. The molecule has 1 unspecified atom stereocenters. The molecule has 1 aliphatic rings. The van der Waals surface area contributed by atoms with E-state index in [2.05, 4.69) is 33.2 Å². The van der Waals surface area contributed by atoms with Gasteiger partial charge >= 0.3 is 20.1 Å². The quantitative estimate of drug-likeness (QED) is 0.108. The van der Waals surface area contributed by atoms with Crippen LogP contribution in [0, 0.1) is 24.0 Å². The number of nitrogens with zero attached hydrogens (tertiary/aromatic N) is 3. The first-order valence-electron chi connectivity index (χ1n) is 29.7. The molecule has 0 saturated heterocycles. The summed E-state index contributed by atoms with van der Waals surface area (Å²) in [5.41, 5.74) is -0.511. The number of hydrogen-bond donors (Lipinski definition) is 0. The van der Waals surface area contributed by atoms with Crippen molar-refractivity contribution in [1.29, 1.82) is 0 Å². The molecule has 1 aliphatic carbocycles. The molecule has 0 spiro atoms. The van der Waals surface area contributed by atoms with Crippen molar-refractivity contribution in [3.05, 3.63) is 233 Å². The Morgan fingerprint density at radius 1 is 0.576 bits per heavy atom. The molecule has 6 heteroatoms. The summed E-state index contributed by atoms with van der Waals surface area (Å²) in [5.74, 6) is -0.730. The van der Waals surface area contributed by atoms with E-state index in [9.17, 15) is 15.1 Å². The van der Waals surface area contributed by atoms with Gasteiger partial charge in [-0.3, -0.25) is 0 Å². The largest absolute Gasteiger partial charge is 3.00 e. The Balaban J connectivity index is 0.00000786. The van der Waals surface area contributed by atoms with Crippen LogP contribution in [0.5, 0.6) is 0 Å². The standard InChI is InChI=1S/C60H45FN3O.Ir/c61-58-51(47-9-3-1-4-10-47)28-29-53-52-15-8-16-54(59(52)65-60(53)58)57-32-25-42(39-64-57)19-22-45-34-43(20-17-40-23-30-55(62-37-40)48-11-5-2-6-12-48)33-44(35-45)21-18-41-24-31-56(63-38-41)50-27-26-46-13-7-14-49(46)36-50;/h1-6,8-11,15,23-26,28-39H,7,13-14,17-22H2;/q-3;+3/i7D2,13D2,14D2,17D2,18D2,19D,20D2,21D2,22D2,28D;. The van der Waals surface area contributed by atoms with E-state index in [1.165, 1.54) is 54.7 Å². The van der Waals surface area contributed by atoms with Crippen molar-refractivity contribution in [2.24, 2.45) is 0 Å². The fourth-order valence-corrected chi connectivity index (χ4v) is 7.48. The molecule has 0 fully saturated rings. The van der Waals surface area contributed by atoms with Crippen LogP contribution in [0.25, 0.3) is 66.8 Å². The first kappa shape index (κ1) is 26.9. The van der Waals surface area contributed by atoms with Crippen molar-refractivity contribution < 1.29 is 53.6 Å². The van der Waals surface area contributed by atoms with Crippen LogP contribution in [0.15, 0.2) is 169 Å². The molecule has 4 heterocycles. The predicted octanol–water partition coefficient (Wildman–Crippen LogP) is 13.8. The second kappa shape index (κ2) is 19.3. The van der Waals surface area contributed by atoms with Crippen molar-refractivity contribution in [2.45, 2.75) is 57.4 Å². The molecular weight excluding hydrogens is 990 g/mol. The second-order valence-corrected chi connectivity index (χ2v) is 15.0. The van der Waals surface area contributed by atoms with Crippen LogP contribution in [0.3, 0.4) is 0 Å². The molecule has 4 aromatic heterocycles. The van der Waals surface area contributed by atoms with Crippen molar-refractivity contribution in [1.82, 2.24) is 15.0 Å². The first-order chi connectivity index (χ1) is 38.9. The Hall–Kier alpha value is -6.85. The van der Waals surface area contributed by atoms with Crippen LogP contribution in [-0.4, -0.2) is 15.0 Å². The third-order valence-corrected chi connectivity index (χ3v) is 10.7. The Labute approximate surface area is 424 Å². The first-order valence-corrected chi connectivity index (χ1v) is 20.6. The van der Waals surface area contributed by atoms with Crippen LogP contribution < -0.4 is 0 Å². The molecule has 0 N–H and O–H groups in total. The van der Waals surface area contributed by atoms with Crippen LogP contribution in [0.4, 0.5) is 4.39 Å². The monoisotopic (exact) mass is 1050 g/mol. The van der Waals surface area contributed by atoms with E-state index in [0.717, 1.165) is 36.7 Å². The van der Waals surface area contributed by atoms with E-state index in [1.54, 1.807) is 66.7 Å². The van der Waals surface area contributed by atoms with Gasteiger partial charge in [-0.2, -0.15) is 0 Å². The number of aryl methyl sites for hydroxylation is 8. The molecule has 6 aromatic carbocycles. The summed E-state index contributed by atoms with van der Waals surface area (Å²) in [6.07, 6.45) is -22.2. The van der Waals surface area contributed by atoms with E-state index >= 15 is 4.39 Å². The van der Waals surface area contributed by atoms with Gasteiger partial charge < -0.3 is 19.4 Å². The molecule has 0 amide bonds. The van der Waals surface area contributed by atoms with E-state index < -0.39 is 79.9 Å². The molecule has 66 heavy (non-hydrogen) atoms. The number of benzene rings is 6. The Bertz CT molecular complexity index is 4150. The molecule has 0 aliphatic heterocycles. The van der Waals surface area contributed by atoms with Crippen LogP contribution in [-0.2, 0) is 71.1 Å². The molecular formula is C60H45FIrN3O. The smallest absolute Gasteiger partial charge is 0.497 e. The van der Waals surface area contributed by atoms with E-state index in [0.29, 0.717) is 33.2 Å². The zero-order valence-corrected chi connectivity index (χ0v) is 36.9. The number of pyridine rings is 3. The summed E-state index contributed by atoms with van der Waals surface area (Å²) in [6.45, 7) is 0. The number of halogens is 1. The Kier molecular flexibility index (Phi) is 7.89. The zero-order chi connectivity index (χ0) is 59.6. The minimum absolute atomic E-state index is 0. The van der Waals surface area contributed by atoms with E-state index in [4.69, 9.17) is 14.0 Å². The summed E-state index contributed by atoms with van der Waals surface area (Å²) in [5, 5.41) is 0.815. The van der Waals surface area contributed by atoms with Gasteiger partial charge in [-0.15, -0.1) is 89.0 Å². The SMILES string of the molecule is [2H]c1cc2c(oc3c(-c4ccc(C([2H])C([2H])([2H])c5cc(C([2H])([2H])C([2H])([2H])c6ccc(-c7[c-]cccc7)nc6)cc(C([2H])([2H])C([2H])([2H])c6ccc(-c7[c-]cc8c(c7)C([2H])([2H])C([2H])([2H])C8([2H])[2H])nc6)c5)cn4)[c-]ccc32)c(F)c1-c1ccccc1.[Ir+3]. The molecule has 0 radical (unpaired) electrons. The van der Waals surface area contributed by atoms with Gasteiger partial charge in [0, 0.05) is 52.8 Å². The summed E-state index contributed by atoms with van der Waals surface area (Å²) >= 11 is 0. The Morgan fingerprint density at radius 2 is 1.21 bits per heavy atom. The maximum absolute atomic E-state index is 16.2. The Morgan fingerprint density at radius 3 is 1.91 bits per heavy atom. The second-order valence-electron chi connectivity index (χ2n) is 15.0. The van der Waals surface area contributed by atoms with Crippen LogP contribution in [0.2, 0.25) is 0 Å². The number of rotatable bonds is 13. The average molecular weight is 1050 g/mol. The van der Waals surface area contributed by atoms with E-state index in [1.807, 2.05) is 0 Å². The molecule has 0 saturated carbocycles. The number of hydrogen-bond acceptors (Lipinski definition) is 4. The fourth-order valence-electron chi connectivity index (χ4n) is 7.48. The maximum Gasteiger partial charge on any atom is 3.00 e. The van der Waals surface area contributed by atoms with Gasteiger partial charge in [0.2, 0.25) is 0 Å². The average Bonchev–Trinajstić information content (AvgIpc) is 3.35. The normalized spacial score (nSPS) is 20.0. The topological polar surface area (TPSA) is 51.8 Å². The maximum atomic E-state index is 16.2. The van der Waals surface area contributed by atoms with Crippen molar-refractivity contribution >= 4 is 21.9 Å². The summed E-state index contributed by atoms with van der Waals surface area (Å²) in [6, 6.07) is 42.6. The third kappa shape index (κ3) is 9.17. The van der Waals surface area contributed by atoms with E-state index in [-0.39, 0.29) is 87.6 Å². The number of aromatic nitrogens is 3. The van der Waals surface area contributed by atoms with Gasteiger partial charge in [0.1, 0.15) is 0 Å². The van der Waals surface area contributed by atoms with Gasteiger partial charge in [-0.25, -0.2) is 4.39 Å². The molecule has 4 nitrogen and oxygen atoms in total. The molecule has 11 rings (SSSR count). The van der Waals surface area contributed by atoms with Gasteiger partial charge in [0.25, 0.3) is 0 Å². The predicted molar refractivity (Wildman–Crippen MR) is 259 cm³/mol. The van der Waals surface area contributed by atoms with Crippen molar-refractivity contribution in [3.8, 4) is 44.9 Å². The van der Waals surface area contributed by atoms with Crippen molar-refractivity contribution in [3.63, 3.8) is 0 Å². The van der Waals surface area contributed by atoms with Crippen LogP contribution in [0.1, 0.15) is 75.6 Å². The molecule has 0 bridgehead atoms.